The minimum absolute atomic E-state index is 0.548. The molecule has 4 rings (SSSR count). The van der Waals surface area contributed by atoms with Gasteiger partial charge in [-0.1, -0.05) is 31.2 Å². The van der Waals surface area contributed by atoms with Crippen LogP contribution in [0.3, 0.4) is 0 Å². The number of nitrogens with zero attached hydrogens (tertiary/aromatic N) is 3. The molecule has 0 saturated carbocycles. The molecule has 2 aromatic heterocycles. The van der Waals surface area contributed by atoms with Crippen LogP contribution in [0.4, 0.5) is 23.3 Å². The number of fused-ring (bicyclic) bond motifs is 1. The van der Waals surface area contributed by atoms with Crippen LogP contribution < -0.4 is 10.6 Å². The van der Waals surface area contributed by atoms with Gasteiger partial charge in [-0.05, 0) is 43.2 Å². The van der Waals surface area contributed by atoms with Crippen LogP contribution in [-0.4, -0.2) is 20.2 Å². The van der Waals surface area contributed by atoms with Gasteiger partial charge in [0.25, 0.3) is 0 Å². The van der Waals surface area contributed by atoms with E-state index < -0.39 is 0 Å². The van der Waals surface area contributed by atoms with Crippen molar-refractivity contribution in [2.24, 2.45) is 0 Å². The predicted molar refractivity (Wildman–Crippen MR) is 105 cm³/mol. The van der Waals surface area contributed by atoms with Gasteiger partial charge in [0, 0.05) is 22.8 Å². The normalized spacial score (nSPS) is 10.8. The summed E-state index contributed by atoms with van der Waals surface area (Å²) in [6, 6.07) is 18.1. The molecule has 0 spiro atoms. The number of hydrogen-bond acceptors (Lipinski definition) is 5. The highest BCUT2D eigenvalue weighted by molar-refractivity contribution is 5.91. The lowest BCUT2D eigenvalue weighted by Crippen LogP contribution is -2.02. The maximum atomic E-state index is 4.67. The molecule has 4 aromatic rings. The van der Waals surface area contributed by atoms with Crippen LogP contribution in [0.25, 0.3) is 10.9 Å². The van der Waals surface area contributed by atoms with Crippen molar-refractivity contribution in [2.75, 3.05) is 10.6 Å². The first-order valence-electron chi connectivity index (χ1n) is 8.63. The minimum Gasteiger partial charge on any atom is -0.324 e. The third kappa shape index (κ3) is 3.35. The number of anilines is 4. The van der Waals surface area contributed by atoms with Gasteiger partial charge < -0.3 is 10.6 Å². The van der Waals surface area contributed by atoms with Crippen LogP contribution in [-0.2, 0) is 6.42 Å². The van der Waals surface area contributed by atoms with Crippen molar-refractivity contribution < 1.29 is 0 Å². The van der Waals surface area contributed by atoms with Crippen molar-refractivity contribution in [2.45, 2.75) is 20.3 Å². The van der Waals surface area contributed by atoms with Crippen molar-refractivity contribution >= 4 is 34.2 Å². The molecule has 130 valence electrons. The van der Waals surface area contributed by atoms with Crippen LogP contribution in [0.15, 0.2) is 54.6 Å². The molecule has 0 amide bonds. The van der Waals surface area contributed by atoms with E-state index in [9.17, 15) is 0 Å². The predicted octanol–water partition coefficient (Wildman–Crippen LogP) is 4.71. The molecule has 0 aliphatic heterocycles. The molecule has 0 bridgehead atoms. The first kappa shape index (κ1) is 16.1. The Labute approximate surface area is 151 Å². The van der Waals surface area contributed by atoms with Gasteiger partial charge in [0.15, 0.2) is 5.82 Å². The number of H-pyrrole nitrogens is 1. The fraction of sp³-hybridized carbons (Fsp3) is 0.150. The molecule has 2 aromatic carbocycles. The van der Waals surface area contributed by atoms with Crippen LogP contribution in [0.5, 0.6) is 0 Å². The monoisotopic (exact) mass is 344 g/mol. The van der Waals surface area contributed by atoms with Crippen molar-refractivity contribution in [1.82, 2.24) is 20.2 Å². The van der Waals surface area contributed by atoms with Crippen molar-refractivity contribution in [3.8, 4) is 0 Å². The largest absolute Gasteiger partial charge is 0.324 e. The highest BCUT2D eigenvalue weighted by atomic mass is 15.2. The summed E-state index contributed by atoms with van der Waals surface area (Å²) < 4.78 is 0. The summed E-state index contributed by atoms with van der Waals surface area (Å²) in [7, 11) is 0. The van der Waals surface area contributed by atoms with Gasteiger partial charge in [-0.15, -0.1) is 0 Å². The number of rotatable bonds is 5. The first-order valence-corrected chi connectivity index (χ1v) is 8.63. The lowest BCUT2D eigenvalue weighted by atomic mass is 10.1. The van der Waals surface area contributed by atoms with Gasteiger partial charge in [-0.2, -0.15) is 10.1 Å². The molecule has 26 heavy (non-hydrogen) atoms. The number of aryl methyl sites for hydroxylation is 2. The van der Waals surface area contributed by atoms with Crippen molar-refractivity contribution in [3.63, 3.8) is 0 Å². The summed E-state index contributed by atoms with van der Waals surface area (Å²) in [6.45, 7) is 4.10. The molecular formula is C20H20N6. The lowest BCUT2D eigenvalue weighted by molar-refractivity contribution is 1.05. The van der Waals surface area contributed by atoms with Crippen molar-refractivity contribution in [3.05, 3.63) is 65.9 Å². The molecule has 6 heteroatoms. The summed E-state index contributed by atoms with van der Waals surface area (Å²) in [5, 5.41) is 14.7. The summed E-state index contributed by atoms with van der Waals surface area (Å²) in [4.78, 5) is 9.31. The van der Waals surface area contributed by atoms with E-state index in [2.05, 4.69) is 49.9 Å². The van der Waals surface area contributed by atoms with Gasteiger partial charge in [-0.3, -0.25) is 5.10 Å². The maximum Gasteiger partial charge on any atom is 0.229 e. The fourth-order valence-corrected chi connectivity index (χ4v) is 2.83. The second-order valence-corrected chi connectivity index (χ2v) is 6.15. The Balaban J connectivity index is 1.73. The number of aromatic amines is 1. The summed E-state index contributed by atoms with van der Waals surface area (Å²) in [5.41, 5.74) is 4.09. The summed E-state index contributed by atoms with van der Waals surface area (Å²) in [5.74, 6) is 1.99. The van der Waals surface area contributed by atoms with Gasteiger partial charge >= 0.3 is 0 Å². The number of benzene rings is 2. The first-order chi connectivity index (χ1) is 12.7. The standard InChI is InChI=1S/C20H20N6/c1-3-14-7-6-8-15(12-14)21-20-22-17-10-5-4-9-16(17)19(24-20)23-18-11-13(2)25-26-18/h4-12H,3H2,1-2H3,(H3,21,22,23,24,25,26). The maximum absolute atomic E-state index is 4.67. The zero-order valence-corrected chi connectivity index (χ0v) is 14.7. The second-order valence-electron chi connectivity index (χ2n) is 6.15. The molecule has 6 nitrogen and oxygen atoms in total. The molecule has 0 radical (unpaired) electrons. The molecule has 2 heterocycles. The average Bonchev–Trinajstić information content (AvgIpc) is 3.07. The van der Waals surface area contributed by atoms with Gasteiger partial charge in [0.05, 0.1) is 5.52 Å². The Kier molecular flexibility index (Phi) is 4.23. The molecule has 0 fully saturated rings. The molecule has 0 aliphatic rings. The summed E-state index contributed by atoms with van der Waals surface area (Å²) in [6.07, 6.45) is 0.986. The minimum atomic E-state index is 0.548. The smallest absolute Gasteiger partial charge is 0.229 e. The van der Waals surface area contributed by atoms with E-state index in [1.165, 1.54) is 5.56 Å². The Bertz CT molecular complexity index is 1050. The van der Waals surface area contributed by atoms with E-state index in [0.717, 1.165) is 40.3 Å². The Hall–Kier alpha value is -3.41. The van der Waals surface area contributed by atoms with E-state index >= 15 is 0 Å². The third-order valence-corrected chi connectivity index (χ3v) is 4.15. The topological polar surface area (TPSA) is 78.5 Å². The quantitative estimate of drug-likeness (QED) is 0.488. The van der Waals surface area contributed by atoms with Gasteiger partial charge in [-0.25, -0.2) is 4.98 Å². The second kappa shape index (κ2) is 6.84. The van der Waals surface area contributed by atoms with E-state index in [1.807, 2.05) is 49.4 Å². The average molecular weight is 344 g/mol. The molecule has 0 saturated heterocycles. The van der Waals surface area contributed by atoms with E-state index in [1.54, 1.807) is 0 Å². The molecule has 0 aliphatic carbocycles. The Morgan fingerprint density at radius 3 is 2.65 bits per heavy atom. The van der Waals surface area contributed by atoms with Crippen LogP contribution in [0.2, 0.25) is 0 Å². The van der Waals surface area contributed by atoms with E-state index in [0.29, 0.717) is 5.95 Å². The van der Waals surface area contributed by atoms with Gasteiger partial charge in [0.2, 0.25) is 5.95 Å². The SMILES string of the molecule is CCc1cccc(Nc2nc(Nc3cc(C)[nH]n3)c3ccccc3n2)c1. The summed E-state index contributed by atoms with van der Waals surface area (Å²) >= 11 is 0. The van der Waals surface area contributed by atoms with Crippen LogP contribution in [0.1, 0.15) is 18.2 Å². The third-order valence-electron chi connectivity index (χ3n) is 4.15. The zero-order chi connectivity index (χ0) is 17.9. The Morgan fingerprint density at radius 2 is 1.85 bits per heavy atom. The van der Waals surface area contributed by atoms with E-state index in [4.69, 9.17) is 0 Å². The zero-order valence-electron chi connectivity index (χ0n) is 14.7. The molecular weight excluding hydrogens is 324 g/mol. The van der Waals surface area contributed by atoms with Crippen LogP contribution >= 0.6 is 0 Å². The number of para-hydroxylation sites is 1. The lowest BCUT2D eigenvalue weighted by Gasteiger charge is -2.11. The molecule has 0 unspecified atom stereocenters. The molecule has 0 atom stereocenters. The van der Waals surface area contributed by atoms with Crippen LogP contribution in [0, 0.1) is 6.92 Å². The molecule has 3 N–H and O–H groups in total. The van der Waals surface area contributed by atoms with Gasteiger partial charge in [0.1, 0.15) is 5.82 Å². The number of aromatic nitrogens is 4. The van der Waals surface area contributed by atoms with E-state index in [-0.39, 0.29) is 0 Å². The number of hydrogen-bond donors (Lipinski definition) is 3. The fourth-order valence-electron chi connectivity index (χ4n) is 2.83. The Morgan fingerprint density at radius 1 is 0.962 bits per heavy atom. The number of nitrogens with one attached hydrogen (secondary N) is 3. The highest BCUT2D eigenvalue weighted by Gasteiger charge is 2.09. The highest BCUT2D eigenvalue weighted by Crippen LogP contribution is 2.26. The van der Waals surface area contributed by atoms with Crippen molar-refractivity contribution in [1.29, 1.82) is 0 Å².